The van der Waals surface area contributed by atoms with Gasteiger partial charge in [0.2, 0.25) is 0 Å². The molecule has 25 heavy (non-hydrogen) atoms. The van der Waals surface area contributed by atoms with Crippen LogP contribution in [-0.2, 0) is 0 Å². The van der Waals surface area contributed by atoms with Crippen molar-refractivity contribution < 1.29 is 0 Å². The highest BCUT2D eigenvalue weighted by Crippen LogP contribution is 2.49. The van der Waals surface area contributed by atoms with Gasteiger partial charge in [0.25, 0.3) is 0 Å². The van der Waals surface area contributed by atoms with Gasteiger partial charge in [0.05, 0.1) is 0 Å². The van der Waals surface area contributed by atoms with Gasteiger partial charge in [0, 0.05) is 12.5 Å². The lowest BCUT2D eigenvalue weighted by molar-refractivity contribution is 0.275. The summed E-state index contributed by atoms with van der Waals surface area (Å²) in [6, 6.07) is 9.14. The molecule has 1 heteroatoms. The number of nitrogens with zero attached hydrogens (tertiary/aromatic N) is 1. The fraction of sp³-hybridized carbons (Fsp3) is 0.500. The topological polar surface area (TPSA) is 3.24 Å². The highest BCUT2D eigenvalue weighted by Gasteiger charge is 2.36. The van der Waals surface area contributed by atoms with Gasteiger partial charge in [-0.1, -0.05) is 73.4 Å². The average Bonchev–Trinajstić information content (AvgIpc) is 3.08. The molecule has 4 rings (SSSR count). The first-order valence-electron chi connectivity index (χ1n) is 10.0. The van der Waals surface area contributed by atoms with Crippen LogP contribution >= 0.6 is 0 Å². The number of fused-ring (bicyclic) bond motifs is 1. The predicted molar refractivity (Wildman–Crippen MR) is 108 cm³/mol. The summed E-state index contributed by atoms with van der Waals surface area (Å²) < 4.78 is 0. The monoisotopic (exact) mass is 333 g/mol. The lowest BCUT2D eigenvalue weighted by Crippen LogP contribution is -2.27. The summed E-state index contributed by atoms with van der Waals surface area (Å²) >= 11 is 0. The number of benzene rings is 1. The van der Waals surface area contributed by atoms with E-state index in [1.54, 1.807) is 16.7 Å². The molecule has 3 aliphatic rings. The smallest absolute Gasteiger partial charge is 0.0227 e. The molecule has 1 aromatic carbocycles. The van der Waals surface area contributed by atoms with Gasteiger partial charge in [-0.3, -0.25) is 0 Å². The van der Waals surface area contributed by atoms with E-state index in [1.807, 2.05) is 0 Å². The normalized spacial score (nSPS) is 26.5. The molecule has 2 unspecified atom stereocenters. The van der Waals surface area contributed by atoms with Crippen LogP contribution in [0.1, 0.15) is 55.6 Å². The molecule has 0 N–H and O–H groups in total. The summed E-state index contributed by atoms with van der Waals surface area (Å²) in [6.07, 6.45) is 17.9. The average molecular weight is 334 g/mol. The fourth-order valence-electron chi connectivity index (χ4n) is 5.27. The zero-order chi connectivity index (χ0) is 17.2. The van der Waals surface area contributed by atoms with E-state index in [1.165, 1.54) is 37.7 Å². The minimum atomic E-state index is 0.586. The van der Waals surface area contributed by atoms with Gasteiger partial charge < -0.3 is 4.90 Å². The van der Waals surface area contributed by atoms with Crippen LogP contribution in [0.2, 0.25) is 0 Å². The van der Waals surface area contributed by atoms with Crippen molar-refractivity contribution in [1.82, 2.24) is 4.90 Å². The quantitative estimate of drug-likeness (QED) is 0.672. The first-order valence-corrected chi connectivity index (χ1v) is 10.0. The molecule has 1 nitrogen and oxygen atoms in total. The predicted octanol–water partition coefficient (Wildman–Crippen LogP) is 5.81. The van der Waals surface area contributed by atoms with Crippen molar-refractivity contribution in [2.24, 2.45) is 11.8 Å². The lowest BCUT2D eigenvalue weighted by atomic mass is 9.65. The van der Waals surface area contributed by atoms with Crippen LogP contribution in [0.5, 0.6) is 0 Å². The van der Waals surface area contributed by atoms with E-state index in [4.69, 9.17) is 0 Å². The van der Waals surface area contributed by atoms with Crippen LogP contribution in [-0.4, -0.2) is 25.5 Å². The van der Waals surface area contributed by atoms with Gasteiger partial charge >= 0.3 is 0 Å². The summed E-state index contributed by atoms with van der Waals surface area (Å²) in [6.45, 7) is 1.06. The minimum absolute atomic E-state index is 0.586. The van der Waals surface area contributed by atoms with Gasteiger partial charge in [-0.2, -0.15) is 0 Å². The second-order valence-electron chi connectivity index (χ2n) is 8.33. The third-order valence-corrected chi connectivity index (χ3v) is 6.34. The number of rotatable bonds is 4. The Bertz CT molecular complexity index is 701. The second-order valence-corrected chi connectivity index (χ2v) is 8.33. The van der Waals surface area contributed by atoms with Crippen molar-refractivity contribution in [3.8, 4) is 0 Å². The summed E-state index contributed by atoms with van der Waals surface area (Å²) in [7, 11) is 4.36. The molecule has 0 saturated heterocycles. The zero-order valence-electron chi connectivity index (χ0n) is 15.7. The Hall–Kier alpha value is -1.60. The van der Waals surface area contributed by atoms with Crippen LogP contribution in [0.15, 0.2) is 53.6 Å². The maximum absolute atomic E-state index is 2.53. The van der Waals surface area contributed by atoms with Gasteiger partial charge in [-0.25, -0.2) is 0 Å². The Morgan fingerprint density at radius 1 is 1.00 bits per heavy atom. The fourth-order valence-corrected chi connectivity index (χ4v) is 5.27. The molecule has 2 atom stereocenters. The van der Waals surface area contributed by atoms with E-state index in [0.29, 0.717) is 11.8 Å². The summed E-state index contributed by atoms with van der Waals surface area (Å²) in [5.41, 5.74) is 6.29. The van der Waals surface area contributed by atoms with Crippen LogP contribution in [0, 0.1) is 11.8 Å². The molecule has 0 radical (unpaired) electrons. The van der Waals surface area contributed by atoms with Crippen LogP contribution < -0.4 is 0 Å². The Morgan fingerprint density at radius 2 is 1.80 bits per heavy atom. The van der Waals surface area contributed by atoms with Crippen molar-refractivity contribution in [1.29, 1.82) is 0 Å². The standard InChI is InChI=1S/C24H31N/c1-25(2)17-20-12-8-14-21(20)23-16-15-18-9-6-7-13-22(18)24(23)19-10-4-3-5-11-19/h6-9,12-13,15-16,19,23-24H,3-5,10-11,14,17H2,1-2H3. The summed E-state index contributed by atoms with van der Waals surface area (Å²) in [4.78, 5) is 2.31. The van der Waals surface area contributed by atoms with Gasteiger partial charge in [-0.15, -0.1) is 0 Å². The van der Waals surface area contributed by atoms with Crippen molar-refractivity contribution in [3.05, 3.63) is 64.8 Å². The van der Waals surface area contributed by atoms with E-state index >= 15 is 0 Å². The molecule has 0 heterocycles. The van der Waals surface area contributed by atoms with Gasteiger partial charge in [0.15, 0.2) is 0 Å². The first kappa shape index (κ1) is 16.8. The van der Waals surface area contributed by atoms with Crippen molar-refractivity contribution >= 4 is 6.08 Å². The van der Waals surface area contributed by atoms with E-state index < -0.39 is 0 Å². The molecule has 0 aliphatic heterocycles. The van der Waals surface area contributed by atoms with Gasteiger partial charge in [-0.05, 0) is 61.9 Å². The molecule has 1 aromatic rings. The Morgan fingerprint density at radius 3 is 2.60 bits per heavy atom. The molecule has 1 saturated carbocycles. The van der Waals surface area contributed by atoms with Crippen LogP contribution in [0.4, 0.5) is 0 Å². The molecule has 1 fully saturated rings. The number of likely N-dealkylation sites (N-methyl/N-ethyl adjacent to an activating group) is 1. The first-order chi connectivity index (χ1) is 12.2. The zero-order valence-corrected chi connectivity index (χ0v) is 15.7. The van der Waals surface area contributed by atoms with Gasteiger partial charge in [0.1, 0.15) is 0 Å². The van der Waals surface area contributed by atoms with Crippen LogP contribution in [0.3, 0.4) is 0 Å². The number of hydrogen-bond donors (Lipinski definition) is 0. The molecule has 0 amide bonds. The van der Waals surface area contributed by atoms with E-state index in [-0.39, 0.29) is 0 Å². The molecular weight excluding hydrogens is 302 g/mol. The van der Waals surface area contributed by atoms with Crippen molar-refractivity contribution in [3.63, 3.8) is 0 Å². The maximum atomic E-state index is 2.53. The molecule has 0 spiro atoms. The second kappa shape index (κ2) is 7.33. The third kappa shape index (κ3) is 3.40. The van der Waals surface area contributed by atoms with Crippen molar-refractivity contribution in [2.75, 3.05) is 20.6 Å². The maximum Gasteiger partial charge on any atom is 0.0227 e. The minimum Gasteiger partial charge on any atom is -0.305 e. The van der Waals surface area contributed by atoms with E-state index in [0.717, 1.165) is 18.9 Å². The largest absolute Gasteiger partial charge is 0.305 e. The molecule has 0 aromatic heterocycles. The van der Waals surface area contributed by atoms with E-state index in [9.17, 15) is 0 Å². The SMILES string of the molecule is CN(C)CC1=C(C2C=Cc3ccccc3C2C2CCCCC2)CC=C1. The Kier molecular flexibility index (Phi) is 4.94. The van der Waals surface area contributed by atoms with E-state index in [2.05, 4.69) is 67.6 Å². The molecular formula is C24H31N. The molecule has 3 aliphatic carbocycles. The highest BCUT2D eigenvalue weighted by atomic mass is 15.0. The summed E-state index contributed by atoms with van der Waals surface area (Å²) in [5.74, 6) is 2.11. The Labute approximate surface area is 153 Å². The number of allylic oxidation sites excluding steroid dienone is 3. The van der Waals surface area contributed by atoms with Crippen LogP contribution in [0.25, 0.3) is 6.08 Å². The molecule has 0 bridgehead atoms. The van der Waals surface area contributed by atoms with Crippen molar-refractivity contribution in [2.45, 2.75) is 44.4 Å². The third-order valence-electron chi connectivity index (χ3n) is 6.34. The molecule has 132 valence electrons. The Balaban J connectivity index is 1.73. The lowest BCUT2D eigenvalue weighted by Gasteiger charge is -2.39. The highest BCUT2D eigenvalue weighted by molar-refractivity contribution is 5.61. The summed E-state index contributed by atoms with van der Waals surface area (Å²) in [5, 5.41) is 0. The number of hydrogen-bond acceptors (Lipinski definition) is 1.